The molecule has 2 rings (SSSR count). The Hall–Kier alpha value is -2.01. The first kappa shape index (κ1) is 14.4. The highest BCUT2D eigenvalue weighted by Crippen LogP contribution is 2.29. The summed E-state index contributed by atoms with van der Waals surface area (Å²) in [5.74, 6) is -1.86. The van der Waals surface area contributed by atoms with E-state index in [0.29, 0.717) is 0 Å². The molecule has 0 fully saturated rings. The molecular weight excluding hydrogens is 262 g/mol. The van der Waals surface area contributed by atoms with Crippen molar-refractivity contribution in [2.24, 2.45) is 0 Å². The van der Waals surface area contributed by atoms with Crippen LogP contribution in [0.2, 0.25) is 0 Å². The van der Waals surface area contributed by atoms with Gasteiger partial charge in [-0.2, -0.15) is 4.39 Å². The van der Waals surface area contributed by atoms with Crippen LogP contribution in [0.3, 0.4) is 0 Å². The fourth-order valence-corrected chi connectivity index (χ4v) is 1.90. The van der Waals surface area contributed by atoms with Crippen molar-refractivity contribution in [2.75, 3.05) is 6.54 Å². The van der Waals surface area contributed by atoms with Gasteiger partial charge in [0.15, 0.2) is 11.6 Å². The van der Waals surface area contributed by atoms with E-state index < -0.39 is 11.6 Å². The molecule has 0 saturated carbocycles. The van der Waals surface area contributed by atoms with Crippen molar-refractivity contribution in [2.45, 2.75) is 19.9 Å². The molecule has 3 nitrogen and oxygen atoms in total. The zero-order chi connectivity index (χ0) is 14.5. The second-order valence-corrected chi connectivity index (χ2v) is 4.33. The smallest absolute Gasteiger partial charge is 0.224 e. The lowest BCUT2D eigenvalue weighted by Crippen LogP contribution is -2.18. The van der Waals surface area contributed by atoms with E-state index in [1.165, 1.54) is 12.1 Å². The number of ether oxygens (including phenoxy) is 1. The van der Waals surface area contributed by atoms with Crippen LogP contribution in [0.1, 0.15) is 25.5 Å². The van der Waals surface area contributed by atoms with E-state index in [-0.39, 0.29) is 17.7 Å². The Kier molecular flexibility index (Phi) is 4.63. The van der Waals surface area contributed by atoms with E-state index in [2.05, 4.69) is 10.3 Å². The third-order valence-corrected chi connectivity index (χ3v) is 2.90. The van der Waals surface area contributed by atoms with Gasteiger partial charge in [0.25, 0.3) is 0 Å². The number of rotatable bonds is 5. The van der Waals surface area contributed by atoms with Crippen molar-refractivity contribution in [3.8, 4) is 11.6 Å². The van der Waals surface area contributed by atoms with Crippen molar-refractivity contribution in [1.82, 2.24) is 10.3 Å². The van der Waals surface area contributed by atoms with Crippen LogP contribution in [-0.2, 0) is 0 Å². The predicted octanol–water partition coefficient (Wildman–Crippen LogP) is 3.82. The number of aromatic nitrogens is 1. The van der Waals surface area contributed by atoms with Gasteiger partial charge in [-0.15, -0.1) is 0 Å². The summed E-state index contributed by atoms with van der Waals surface area (Å²) in [5, 5.41) is 3.23. The molecule has 2 aromatic rings. The van der Waals surface area contributed by atoms with Crippen LogP contribution in [-0.4, -0.2) is 11.5 Å². The molecule has 0 bridgehead atoms. The third-order valence-electron chi connectivity index (χ3n) is 2.90. The van der Waals surface area contributed by atoms with Crippen LogP contribution in [0, 0.1) is 11.6 Å². The minimum Gasteiger partial charge on any atom is -0.435 e. The van der Waals surface area contributed by atoms with E-state index in [1.807, 2.05) is 19.9 Å². The van der Waals surface area contributed by atoms with Gasteiger partial charge < -0.3 is 10.1 Å². The lowest BCUT2D eigenvalue weighted by molar-refractivity contribution is 0.396. The number of hydrogen-bond donors (Lipinski definition) is 1. The maximum atomic E-state index is 13.6. The monoisotopic (exact) mass is 278 g/mol. The first-order valence-corrected chi connectivity index (χ1v) is 6.43. The second-order valence-electron chi connectivity index (χ2n) is 4.33. The molecule has 0 radical (unpaired) electrons. The lowest BCUT2D eigenvalue weighted by atomic mass is 10.1. The first-order valence-electron chi connectivity index (χ1n) is 6.43. The van der Waals surface area contributed by atoms with E-state index >= 15 is 0 Å². The minimum absolute atomic E-state index is 0.000297. The SMILES string of the molecule is CCNC(C)c1cccnc1Oc1cccc(F)c1F. The van der Waals surface area contributed by atoms with E-state index in [4.69, 9.17) is 4.74 Å². The average molecular weight is 278 g/mol. The summed E-state index contributed by atoms with van der Waals surface area (Å²) < 4.78 is 32.2. The number of benzene rings is 1. The molecule has 0 aliphatic heterocycles. The minimum atomic E-state index is -1.01. The molecule has 20 heavy (non-hydrogen) atoms. The van der Waals surface area contributed by atoms with Crippen molar-refractivity contribution in [3.63, 3.8) is 0 Å². The average Bonchev–Trinajstić information content (AvgIpc) is 2.45. The zero-order valence-corrected chi connectivity index (χ0v) is 11.4. The van der Waals surface area contributed by atoms with E-state index in [9.17, 15) is 8.78 Å². The lowest BCUT2D eigenvalue weighted by Gasteiger charge is -2.16. The molecule has 0 saturated heterocycles. The summed E-state index contributed by atoms with van der Waals surface area (Å²) in [7, 11) is 0. The molecule has 106 valence electrons. The number of hydrogen-bond acceptors (Lipinski definition) is 3. The largest absolute Gasteiger partial charge is 0.435 e. The quantitative estimate of drug-likeness (QED) is 0.902. The van der Waals surface area contributed by atoms with Crippen molar-refractivity contribution in [3.05, 3.63) is 53.7 Å². The Morgan fingerprint density at radius 3 is 2.80 bits per heavy atom. The van der Waals surface area contributed by atoms with Gasteiger partial charge >= 0.3 is 0 Å². The molecule has 0 spiro atoms. The molecule has 0 aliphatic carbocycles. The summed E-state index contributed by atoms with van der Waals surface area (Å²) in [6.45, 7) is 4.72. The highest BCUT2D eigenvalue weighted by atomic mass is 19.2. The topological polar surface area (TPSA) is 34.2 Å². The zero-order valence-electron chi connectivity index (χ0n) is 11.4. The van der Waals surface area contributed by atoms with E-state index in [0.717, 1.165) is 18.2 Å². The second kappa shape index (κ2) is 6.43. The molecular formula is C15H16F2N2O. The Labute approximate surface area is 116 Å². The van der Waals surface area contributed by atoms with Gasteiger partial charge in [0.2, 0.25) is 11.7 Å². The van der Waals surface area contributed by atoms with Gasteiger partial charge in [-0.1, -0.05) is 19.1 Å². The molecule has 1 heterocycles. The Morgan fingerprint density at radius 1 is 1.25 bits per heavy atom. The Morgan fingerprint density at radius 2 is 2.05 bits per heavy atom. The maximum Gasteiger partial charge on any atom is 0.224 e. The van der Waals surface area contributed by atoms with Crippen LogP contribution >= 0.6 is 0 Å². The van der Waals surface area contributed by atoms with E-state index in [1.54, 1.807) is 12.3 Å². The van der Waals surface area contributed by atoms with Crippen LogP contribution in [0.5, 0.6) is 11.6 Å². The molecule has 0 aliphatic rings. The van der Waals surface area contributed by atoms with Crippen LogP contribution in [0.25, 0.3) is 0 Å². The normalized spacial score (nSPS) is 12.2. The van der Waals surface area contributed by atoms with Crippen LogP contribution < -0.4 is 10.1 Å². The summed E-state index contributed by atoms with van der Waals surface area (Å²) in [4.78, 5) is 4.10. The van der Waals surface area contributed by atoms with Gasteiger partial charge in [-0.05, 0) is 31.7 Å². The summed E-state index contributed by atoms with van der Waals surface area (Å²) in [6, 6.07) is 7.42. The van der Waals surface area contributed by atoms with Gasteiger partial charge in [-0.3, -0.25) is 0 Å². The molecule has 1 aromatic carbocycles. The summed E-state index contributed by atoms with van der Waals surface area (Å²) in [5.41, 5.74) is 0.790. The van der Waals surface area contributed by atoms with Crippen LogP contribution in [0.15, 0.2) is 36.5 Å². The van der Waals surface area contributed by atoms with Gasteiger partial charge in [0, 0.05) is 17.8 Å². The number of halogens is 2. The summed E-state index contributed by atoms with van der Waals surface area (Å²) >= 11 is 0. The number of pyridine rings is 1. The van der Waals surface area contributed by atoms with Gasteiger partial charge in [-0.25, -0.2) is 9.37 Å². The first-order chi connectivity index (χ1) is 9.63. The standard InChI is InChI=1S/C15H16F2N2O/c1-3-18-10(2)11-6-5-9-19-15(11)20-13-8-4-7-12(16)14(13)17/h4-10,18H,3H2,1-2H3. The Bertz CT molecular complexity index is 590. The number of nitrogens with one attached hydrogen (secondary N) is 1. The van der Waals surface area contributed by atoms with Gasteiger partial charge in [0.05, 0.1) is 0 Å². The molecule has 1 aromatic heterocycles. The predicted molar refractivity (Wildman–Crippen MR) is 72.8 cm³/mol. The third kappa shape index (κ3) is 3.11. The van der Waals surface area contributed by atoms with Crippen LogP contribution in [0.4, 0.5) is 8.78 Å². The molecule has 5 heteroatoms. The molecule has 1 unspecified atom stereocenters. The summed E-state index contributed by atoms with van der Waals surface area (Å²) in [6.07, 6.45) is 1.55. The fraction of sp³-hybridized carbons (Fsp3) is 0.267. The highest BCUT2D eigenvalue weighted by Gasteiger charge is 2.15. The van der Waals surface area contributed by atoms with Gasteiger partial charge in [0.1, 0.15) is 0 Å². The Balaban J connectivity index is 2.32. The molecule has 1 N–H and O–H groups in total. The van der Waals surface area contributed by atoms with Crippen molar-refractivity contribution < 1.29 is 13.5 Å². The number of nitrogens with zero attached hydrogens (tertiary/aromatic N) is 1. The molecule has 1 atom stereocenters. The highest BCUT2D eigenvalue weighted by molar-refractivity contribution is 5.35. The molecule has 0 amide bonds. The van der Waals surface area contributed by atoms with Crippen molar-refractivity contribution in [1.29, 1.82) is 0 Å². The maximum absolute atomic E-state index is 13.6. The fourth-order valence-electron chi connectivity index (χ4n) is 1.90. The van der Waals surface area contributed by atoms with Crippen molar-refractivity contribution >= 4 is 0 Å².